The second kappa shape index (κ2) is 3.67. The standard InChI is InChI=1S/C10H12N2O2/c11-10(13)8-3-1-2-7-6-12-4-5-14-9(7)8/h1-3,12H,4-6H2,(H2,11,13). The van der Waals surface area contributed by atoms with Crippen LogP contribution >= 0.6 is 0 Å². The van der Waals surface area contributed by atoms with E-state index in [0.717, 1.165) is 18.7 Å². The zero-order valence-corrected chi connectivity index (χ0v) is 7.75. The molecule has 14 heavy (non-hydrogen) atoms. The van der Waals surface area contributed by atoms with Crippen molar-refractivity contribution in [2.75, 3.05) is 13.2 Å². The van der Waals surface area contributed by atoms with E-state index in [-0.39, 0.29) is 0 Å². The van der Waals surface area contributed by atoms with Crippen molar-refractivity contribution in [1.29, 1.82) is 0 Å². The van der Waals surface area contributed by atoms with Crippen molar-refractivity contribution in [2.45, 2.75) is 6.54 Å². The lowest BCUT2D eigenvalue weighted by Gasteiger charge is -2.09. The van der Waals surface area contributed by atoms with Gasteiger partial charge >= 0.3 is 0 Å². The lowest BCUT2D eigenvalue weighted by molar-refractivity contribution is 0.0996. The number of ether oxygens (including phenoxy) is 1. The maximum Gasteiger partial charge on any atom is 0.252 e. The molecule has 0 aromatic heterocycles. The highest BCUT2D eigenvalue weighted by molar-refractivity contribution is 5.96. The van der Waals surface area contributed by atoms with Crippen molar-refractivity contribution in [2.24, 2.45) is 5.73 Å². The number of para-hydroxylation sites is 1. The van der Waals surface area contributed by atoms with Gasteiger partial charge in [0.1, 0.15) is 12.4 Å². The molecule has 0 fully saturated rings. The Labute approximate surface area is 82.1 Å². The molecular weight excluding hydrogens is 180 g/mol. The topological polar surface area (TPSA) is 64.4 Å². The van der Waals surface area contributed by atoms with Crippen LogP contribution < -0.4 is 15.8 Å². The number of nitrogens with two attached hydrogens (primary N) is 1. The summed E-state index contributed by atoms with van der Waals surface area (Å²) in [7, 11) is 0. The number of nitrogens with one attached hydrogen (secondary N) is 1. The van der Waals surface area contributed by atoms with Crippen LogP contribution in [0, 0.1) is 0 Å². The van der Waals surface area contributed by atoms with Crippen LogP contribution in [0.1, 0.15) is 15.9 Å². The van der Waals surface area contributed by atoms with Gasteiger partial charge in [-0.3, -0.25) is 4.79 Å². The highest BCUT2D eigenvalue weighted by atomic mass is 16.5. The van der Waals surface area contributed by atoms with Crippen molar-refractivity contribution in [3.05, 3.63) is 29.3 Å². The SMILES string of the molecule is NC(=O)c1cccc2c1OCCNC2. The summed E-state index contributed by atoms with van der Waals surface area (Å²) in [6, 6.07) is 5.43. The third-order valence-electron chi connectivity index (χ3n) is 2.20. The monoisotopic (exact) mass is 192 g/mol. The number of amides is 1. The minimum atomic E-state index is -0.441. The third kappa shape index (κ3) is 1.56. The fourth-order valence-electron chi connectivity index (χ4n) is 1.54. The smallest absolute Gasteiger partial charge is 0.252 e. The average molecular weight is 192 g/mol. The van der Waals surface area contributed by atoms with Crippen molar-refractivity contribution in [3.63, 3.8) is 0 Å². The first-order chi connectivity index (χ1) is 6.79. The molecular formula is C10H12N2O2. The minimum absolute atomic E-state index is 0.441. The van der Waals surface area contributed by atoms with E-state index in [4.69, 9.17) is 10.5 Å². The lowest BCUT2D eigenvalue weighted by Crippen LogP contribution is -2.16. The number of rotatable bonds is 1. The molecule has 1 aromatic rings. The fraction of sp³-hybridized carbons (Fsp3) is 0.300. The van der Waals surface area contributed by atoms with Crippen LogP contribution in [0.25, 0.3) is 0 Å². The van der Waals surface area contributed by atoms with Gasteiger partial charge in [-0.2, -0.15) is 0 Å². The van der Waals surface area contributed by atoms with Gasteiger partial charge in [-0.15, -0.1) is 0 Å². The van der Waals surface area contributed by atoms with E-state index in [9.17, 15) is 4.79 Å². The Morgan fingerprint density at radius 3 is 3.14 bits per heavy atom. The van der Waals surface area contributed by atoms with Gasteiger partial charge in [0.2, 0.25) is 0 Å². The predicted molar refractivity (Wildman–Crippen MR) is 52.2 cm³/mol. The molecule has 4 heteroatoms. The Kier molecular flexibility index (Phi) is 2.37. The zero-order valence-electron chi connectivity index (χ0n) is 7.75. The van der Waals surface area contributed by atoms with Gasteiger partial charge in [-0.05, 0) is 6.07 Å². The number of carbonyl (C=O) groups excluding carboxylic acids is 1. The van der Waals surface area contributed by atoms with Gasteiger partial charge < -0.3 is 15.8 Å². The van der Waals surface area contributed by atoms with Crippen LogP contribution in [-0.2, 0) is 6.54 Å². The molecule has 1 heterocycles. The number of hydrogen-bond acceptors (Lipinski definition) is 3. The molecule has 0 aliphatic carbocycles. The first-order valence-corrected chi connectivity index (χ1v) is 4.54. The summed E-state index contributed by atoms with van der Waals surface area (Å²) in [5.41, 5.74) is 6.70. The number of primary amides is 1. The molecule has 3 N–H and O–H groups in total. The summed E-state index contributed by atoms with van der Waals surface area (Å²) in [6.45, 7) is 2.07. The molecule has 1 aliphatic rings. The number of fused-ring (bicyclic) bond motifs is 1. The predicted octanol–water partition coefficient (Wildman–Crippen LogP) is 0.267. The summed E-state index contributed by atoms with van der Waals surface area (Å²) in [5.74, 6) is 0.189. The van der Waals surface area contributed by atoms with E-state index < -0.39 is 5.91 Å². The summed E-state index contributed by atoms with van der Waals surface area (Å²) in [6.07, 6.45) is 0. The van der Waals surface area contributed by atoms with Crippen LogP contribution in [0.15, 0.2) is 18.2 Å². The minimum Gasteiger partial charge on any atom is -0.491 e. The van der Waals surface area contributed by atoms with Crippen molar-refractivity contribution in [3.8, 4) is 5.75 Å². The lowest BCUT2D eigenvalue weighted by atomic mass is 10.1. The molecule has 1 aromatic carbocycles. The molecule has 1 aliphatic heterocycles. The van der Waals surface area contributed by atoms with E-state index in [0.29, 0.717) is 17.9 Å². The summed E-state index contributed by atoms with van der Waals surface area (Å²) < 4.78 is 5.48. The van der Waals surface area contributed by atoms with E-state index in [1.807, 2.05) is 12.1 Å². The molecule has 1 amide bonds. The molecule has 74 valence electrons. The normalized spacial score (nSPS) is 15.1. The first kappa shape index (κ1) is 9.02. The molecule has 0 unspecified atom stereocenters. The Morgan fingerprint density at radius 2 is 2.36 bits per heavy atom. The van der Waals surface area contributed by atoms with E-state index in [1.54, 1.807) is 6.07 Å². The zero-order chi connectivity index (χ0) is 9.97. The van der Waals surface area contributed by atoms with Gasteiger partial charge in [0.25, 0.3) is 5.91 Å². The van der Waals surface area contributed by atoms with E-state index >= 15 is 0 Å². The summed E-state index contributed by atoms with van der Waals surface area (Å²) in [4.78, 5) is 11.1. The maximum absolute atomic E-state index is 11.1. The van der Waals surface area contributed by atoms with Crippen LogP contribution in [0.5, 0.6) is 5.75 Å². The largest absolute Gasteiger partial charge is 0.491 e. The molecule has 4 nitrogen and oxygen atoms in total. The highest BCUT2D eigenvalue weighted by Gasteiger charge is 2.15. The number of carbonyl (C=O) groups is 1. The molecule has 0 radical (unpaired) electrons. The van der Waals surface area contributed by atoms with Gasteiger partial charge in [-0.25, -0.2) is 0 Å². The van der Waals surface area contributed by atoms with Gasteiger partial charge in [0, 0.05) is 18.7 Å². The molecule has 0 saturated carbocycles. The molecule has 2 rings (SSSR count). The Bertz CT molecular complexity index is 363. The number of hydrogen-bond donors (Lipinski definition) is 2. The van der Waals surface area contributed by atoms with Crippen LogP contribution in [-0.4, -0.2) is 19.1 Å². The van der Waals surface area contributed by atoms with Crippen molar-refractivity contribution < 1.29 is 9.53 Å². The van der Waals surface area contributed by atoms with Gasteiger partial charge in [0.05, 0.1) is 5.56 Å². The highest BCUT2D eigenvalue weighted by Crippen LogP contribution is 2.24. The third-order valence-corrected chi connectivity index (χ3v) is 2.20. The number of benzene rings is 1. The van der Waals surface area contributed by atoms with Crippen molar-refractivity contribution >= 4 is 5.91 Å². The Balaban J connectivity index is 2.47. The van der Waals surface area contributed by atoms with Gasteiger partial charge in [0.15, 0.2) is 0 Å². The molecule has 0 saturated heterocycles. The average Bonchev–Trinajstić information content (AvgIpc) is 2.41. The van der Waals surface area contributed by atoms with Gasteiger partial charge in [-0.1, -0.05) is 12.1 Å². The van der Waals surface area contributed by atoms with E-state index in [1.165, 1.54) is 0 Å². The van der Waals surface area contributed by atoms with E-state index in [2.05, 4.69) is 5.32 Å². The quantitative estimate of drug-likeness (QED) is 0.671. The van der Waals surface area contributed by atoms with Crippen LogP contribution in [0.3, 0.4) is 0 Å². The molecule has 0 spiro atoms. The van der Waals surface area contributed by atoms with Crippen LogP contribution in [0.4, 0.5) is 0 Å². The second-order valence-corrected chi connectivity index (χ2v) is 3.18. The molecule has 0 bridgehead atoms. The molecule has 0 atom stereocenters. The Morgan fingerprint density at radius 1 is 1.50 bits per heavy atom. The first-order valence-electron chi connectivity index (χ1n) is 4.54. The fourth-order valence-corrected chi connectivity index (χ4v) is 1.54. The van der Waals surface area contributed by atoms with Crippen molar-refractivity contribution in [1.82, 2.24) is 5.32 Å². The summed E-state index contributed by atoms with van der Waals surface area (Å²) in [5, 5.41) is 3.19. The Hall–Kier alpha value is -1.55. The summed E-state index contributed by atoms with van der Waals surface area (Å²) >= 11 is 0. The van der Waals surface area contributed by atoms with Crippen LogP contribution in [0.2, 0.25) is 0 Å². The maximum atomic E-state index is 11.1. The second-order valence-electron chi connectivity index (χ2n) is 3.18.